The van der Waals surface area contributed by atoms with Gasteiger partial charge in [-0.1, -0.05) is 36.4 Å². The Bertz CT molecular complexity index is 681. The van der Waals surface area contributed by atoms with Gasteiger partial charge in [-0.3, -0.25) is 5.43 Å². The van der Waals surface area contributed by atoms with E-state index in [1.807, 2.05) is 37.3 Å². The van der Waals surface area contributed by atoms with Crippen molar-refractivity contribution in [3.05, 3.63) is 65.5 Å². The molecule has 0 bridgehead atoms. The van der Waals surface area contributed by atoms with Gasteiger partial charge in [0.05, 0.1) is 16.3 Å². The first-order valence-electron chi connectivity index (χ1n) is 6.17. The number of rotatable bonds is 3. The highest BCUT2D eigenvalue weighted by Gasteiger charge is 2.03. The molecule has 2 nitrogen and oxygen atoms in total. The van der Waals surface area contributed by atoms with Crippen molar-refractivity contribution in [2.45, 2.75) is 6.92 Å². The molecule has 0 fully saturated rings. The van der Waals surface area contributed by atoms with E-state index in [0.717, 1.165) is 11.4 Å². The van der Waals surface area contributed by atoms with E-state index in [9.17, 15) is 0 Å². The Balaban J connectivity index is 1.85. The van der Waals surface area contributed by atoms with Gasteiger partial charge in [0.15, 0.2) is 0 Å². The fourth-order valence-electron chi connectivity index (χ4n) is 1.88. The molecule has 0 atom stereocenters. The van der Waals surface area contributed by atoms with Crippen molar-refractivity contribution in [3.8, 4) is 0 Å². The Hall–Kier alpha value is -2.13. The molecule has 0 radical (unpaired) electrons. The van der Waals surface area contributed by atoms with Crippen LogP contribution in [0.3, 0.4) is 0 Å². The van der Waals surface area contributed by atoms with Crippen LogP contribution in [0.4, 0.5) is 5.69 Å². The van der Waals surface area contributed by atoms with Gasteiger partial charge in [0.1, 0.15) is 0 Å². The highest BCUT2D eigenvalue weighted by Crippen LogP contribution is 2.25. The lowest BCUT2D eigenvalue weighted by molar-refractivity contribution is 1.33. The average molecular weight is 266 g/mol. The Morgan fingerprint density at radius 2 is 1.74 bits per heavy atom. The lowest BCUT2D eigenvalue weighted by atomic mass is 10.2. The standard InChI is InChI=1S/C16H14N2S/c1-12(17-18-14-8-3-2-4-9-14)16-11-13-7-5-6-10-15(13)19-16/h2-11,18H,1H3/b17-12+. The maximum atomic E-state index is 4.44. The van der Waals surface area contributed by atoms with Crippen molar-refractivity contribution in [2.75, 3.05) is 5.43 Å². The molecule has 19 heavy (non-hydrogen) atoms. The van der Waals surface area contributed by atoms with Crippen LogP contribution in [0.1, 0.15) is 11.8 Å². The summed E-state index contributed by atoms with van der Waals surface area (Å²) in [4.78, 5) is 1.20. The quantitative estimate of drug-likeness (QED) is 0.537. The molecule has 0 spiro atoms. The lowest BCUT2D eigenvalue weighted by Crippen LogP contribution is -1.96. The summed E-state index contributed by atoms with van der Waals surface area (Å²) < 4.78 is 1.30. The fourth-order valence-corrected chi connectivity index (χ4v) is 2.88. The molecule has 3 rings (SSSR count). The summed E-state index contributed by atoms with van der Waals surface area (Å²) in [7, 11) is 0. The monoisotopic (exact) mass is 266 g/mol. The normalized spacial score (nSPS) is 11.7. The van der Waals surface area contributed by atoms with E-state index in [1.54, 1.807) is 11.3 Å². The van der Waals surface area contributed by atoms with Crippen molar-refractivity contribution in [1.82, 2.24) is 0 Å². The number of benzene rings is 2. The van der Waals surface area contributed by atoms with Crippen LogP contribution in [0.5, 0.6) is 0 Å². The largest absolute Gasteiger partial charge is 0.278 e. The van der Waals surface area contributed by atoms with E-state index in [1.165, 1.54) is 15.0 Å². The van der Waals surface area contributed by atoms with Crippen molar-refractivity contribution >= 4 is 32.8 Å². The topological polar surface area (TPSA) is 24.4 Å². The van der Waals surface area contributed by atoms with E-state index in [0.29, 0.717) is 0 Å². The summed E-state index contributed by atoms with van der Waals surface area (Å²) >= 11 is 1.77. The zero-order valence-corrected chi connectivity index (χ0v) is 11.4. The molecule has 1 aromatic heterocycles. The molecule has 2 aromatic carbocycles. The fraction of sp³-hybridized carbons (Fsp3) is 0.0625. The zero-order valence-electron chi connectivity index (χ0n) is 10.6. The third-order valence-corrected chi connectivity index (χ3v) is 4.13. The molecule has 94 valence electrons. The zero-order chi connectivity index (χ0) is 13.1. The van der Waals surface area contributed by atoms with E-state index in [4.69, 9.17) is 0 Å². The lowest BCUT2D eigenvalue weighted by Gasteiger charge is -2.00. The van der Waals surface area contributed by atoms with Crippen LogP contribution in [0.25, 0.3) is 10.1 Å². The van der Waals surface area contributed by atoms with Gasteiger partial charge in [-0.25, -0.2) is 0 Å². The molecule has 1 heterocycles. The van der Waals surface area contributed by atoms with Crippen molar-refractivity contribution in [1.29, 1.82) is 0 Å². The molecule has 0 aliphatic rings. The average Bonchev–Trinajstić information content (AvgIpc) is 2.90. The van der Waals surface area contributed by atoms with Crippen LogP contribution < -0.4 is 5.43 Å². The number of anilines is 1. The number of nitrogens with zero attached hydrogens (tertiary/aromatic N) is 1. The molecule has 3 heteroatoms. The highest BCUT2D eigenvalue weighted by atomic mass is 32.1. The highest BCUT2D eigenvalue weighted by molar-refractivity contribution is 7.20. The van der Waals surface area contributed by atoms with E-state index in [-0.39, 0.29) is 0 Å². The number of hydrogen-bond donors (Lipinski definition) is 1. The third kappa shape index (κ3) is 2.66. The van der Waals surface area contributed by atoms with Crippen LogP contribution in [-0.2, 0) is 0 Å². The smallest absolute Gasteiger partial charge is 0.0748 e. The van der Waals surface area contributed by atoms with Gasteiger partial charge in [-0.2, -0.15) is 5.10 Å². The van der Waals surface area contributed by atoms with Crippen LogP contribution >= 0.6 is 11.3 Å². The van der Waals surface area contributed by atoms with Gasteiger partial charge in [-0.15, -0.1) is 11.3 Å². The second kappa shape index (κ2) is 5.24. The molecule has 0 saturated carbocycles. The maximum Gasteiger partial charge on any atom is 0.0748 e. The van der Waals surface area contributed by atoms with Crippen LogP contribution in [-0.4, -0.2) is 5.71 Å². The number of nitrogens with one attached hydrogen (secondary N) is 1. The molecule has 0 amide bonds. The van der Waals surface area contributed by atoms with Crippen LogP contribution in [0.15, 0.2) is 65.8 Å². The minimum absolute atomic E-state index is 1.00. The molecular formula is C16H14N2S. The van der Waals surface area contributed by atoms with Gasteiger partial charge < -0.3 is 0 Å². The SMILES string of the molecule is C/C(=N\Nc1ccccc1)c1cc2ccccc2s1. The molecule has 0 unspecified atom stereocenters. The summed E-state index contributed by atoms with van der Waals surface area (Å²) in [6.07, 6.45) is 0. The molecule has 0 saturated heterocycles. The predicted octanol–water partition coefficient (Wildman–Crippen LogP) is 4.74. The number of hydrazone groups is 1. The summed E-state index contributed by atoms with van der Waals surface area (Å²) in [5.41, 5.74) is 5.09. The Morgan fingerprint density at radius 3 is 2.53 bits per heavy atom. The Kier molecular flexibility index (Phi) is 3.29. The second-order valence-electron chi connectivity index (χ2n) is 4.32. The van der Waals surface area contributed by atoms with Gasteiger partial charge in [0.2, 0.25) is 0 Å². The van der Waals surface area contributed by atoms with Crippen LogP contribution in [0, 0.1) is 0 Å². The molecule has 3 aromatic rings. The van der Waals surface area contributed by atoms with Gasteiger partial charge in [-0.05, 0) is 36.6 Å². The number of thiophene rings is 1. The van der Waals surface area contributed by atoms with Gasteiger partial charge in [0, 0.05) is 4.70 Å². The van der Waals surface area contributed by atoms with Crippen molar-refractivity contribution in [2.24, 2.45) is 5.10 Å². The molecule has 1 N–H and O–H groups in total. The summed E-state index contributed by atoms with van der Waals surface area (Å²) in [6.45, 7) is 2.03. The van der Waals surface area contributed by atoms with Crippen molar-refractivity contribution in [3.63, 3.8) is 0 Å². The summed E-state index contributed by atoms with van der Waals surface area (Å²) in [5, 5.41) is 5.71. The van der Waals surface area contributed by atoms with E-state index < -0.39 is 0 Å². The van der Waals surface area contributed by atoms with Gasteiger partial charge >= 0.3 is 0 Å². The first kappa shape index (κ1) is 11.9. The first-order chi connectivity index (χ1) is 9.33. The number of fused-ring (bicyclic) bond motifs is 1. The number of para-hydroxylation sites is 1. The summed E-state index contributed by atoms with van der Waals surface area (Å²) in [5.74, 6) is 0. The van der Waals surface area contributed by atoms with E-state index >= 15 is 0 Å². The van der Waals surface area contributed by atoms with Gasteiger partial charge in [0.25, 0.3) is 0 Å². The minimum Gasteiger partial charge on any atom is -0.278 e. The Morgan fingerprint density at radius 1 is 1.00 bits per heavy atom. The number of hydrogen-bond acceptors (Lipinski definition) is 3. The van der Waals surface area contributed by atoms with Crippen LogP contribution in [0.2, 0.25) is 0 Å². The second-order valence-corrected chi connectivity index (χ2v) is 5.41. The van der Waals surface area contributed by atoms with E-state index in [2.05, 4.69) is 40.9 Å². The molecule has 0 aliphatic carbocycles. The maximum absolute atomic E-state index is 4.44. The molecular weight excluding hydrogens is 252 g/mol. The Labute approximate surface area is 116 Å². The first-order valence-corrected chi connectivity index (χ1v) is 6.99. The summed E-state index contributed by atoms with van der Waals surface area (Å²) in [6, 6.07) is 20.6. The predicted molar refractivity (Wildman–Crippen MR) is 84.1 cm³/mol. The van der Waals surface area contributed by atoms with Crippen molar-refractivity contribution < 1.29 is 0 Å². The molecule has 0 aliphatic heterocycles. The minimum atomic E-state index is 1.00. The third-order valence-electron chi connectivity index (χ3n) is 2.91.